The van der Waals surface area contributed by atoms with E-state index < -0.39 is 32.1 Å². The third-order valence-corrected chi connectivity index (χ3v) is 7.33. The first kappa shape index (κ1) is 21.8. The minimum atomic E-state index is -3.63. The Morgan fingerprint density at radius 1 is 1.27 bits per heavy atom. The molecule has 1 aliphatic rings. The predicted octanol–water partition coefficient (Wildman–Crippen LogP) is 1.09. The molecule has 0 radical (unpaired) electrons. The Morgan fingerprint density at radius 3 is 2.57 bits per heavy atom. The highest BCUT2D eigenvalue weighted by Gasteiger charge is 2.27. The van der Waals surface area contributed by atoms with Crippen LogP contribution in [0.1, 0.15) is 43.5 Å². The molecule has 0 bridgehead atoms. The first-order valence-corrected chi connectivity index (χ1v) is 11.2. The molecule has 1 fully saturated rings. The number of para-hydroxylation sites is 1. The maximum Gasteiger partial charge on any atom is 0.267 e. The van der Waals surface area contributed by atoms with Crippen LogP contribution in [0.25, 0.3) is 0 Å². The number of rotatable bonds is 7. The molecule has 30 heavy (non-hydrogen) atoms. The van der Waals surface area contributed by atoms with Gasteiger partial charge in [0.25, 0.3) is 11.5 Å². The van der Waals surface area contributed by atoms with Crippen molar-refractivity contribution in [2.75, 3.05) is 10.6 Å². The first-order chi connectivity index (χ1) is 14.1. The Kier molecular flexibility index (Phi) is 6.13. The number of nitrogens with zero attached hydrogens (tertiary/aromatic N) is 1. The second-order valence-electron chi connectivity index (χ2n) is 7.56. The minimum Gasteiger partial charge on any atom is -0.365 e. The van der Waals surface area contributed by atoms with Gasteiger partial charge in [-0.1, -0.05) is 12.1 Å². The lowest BCUT2D eigenvalue weighted by atomic mass is 10.2. The number of carbonyl (C=O) groups excluding carboxylic acids is 1. The van der Waals surface area contributed by atoms with Crippen molar-refractivity contribution in [2.45, 2.75) is 55.3 Å². The summed E-state index contributed by atoms with van der Waals surface area (Å²) in [6.07, 6.45) is 2.63. The lowest BCUT2D eigenvalue weighted by molar-refractivity contribution is 0.0999. The molecule has 1 saturated carbocycles. The summed E-state index contributed by atoms with van der Waals surface area (Å²) in [6, 6.07) is 6.05. The molecule has 3 rings (SSSR count). The van der Waals surface area contributed by atoms with E-state index in [4.69, 9.17) is 11.5 Å². The summed E-state index contributed by atoms with van der Waals surface area (Å²) in [4.78, 5) is 31.2. The lowest BCUT2D eigenvalue weighted by Crippen LogP contribution is -2.37. The smallest absolute Gasteiger partial charge is 0.267 e. The van der Waals surface area contributed by atoms with Crippen molar-refractivity contribution >= 4 is 33.2 Å². The number of aromatic amines is 1. The van der Waals surface area contributed by atoms with Gasteiger partial charge in [-0.25, -0.2) is 8.42 Å². The monoisotopic (exact) mass is 434 g/mol. The molecule has 0 aliphatic heterocycles. The molecule has 2 atom stereocenters. The molecule has 0 saturated heterocycles. The number of anilines is 3. The zero-order chi connectivity index (χ0) is 22.1. The summed E-state index contributed by atoms with van der Waals surface area (Å²) in [5.74, 6) is -0.995. The van der Waals surface area contributed by atoms with Crippen molar-refractivity contribution in [2.24, 2.45) is 11.5 Å². The molecule has 0 unspecified atom stereocenters. The van der Waals surface area contributed by atoms with Gasteiger partial charge in [0.2, 0.25) is 5.95 Å². The average Bonchev–Trinajstić information content (AvgIpc) is 3.06. The summed E-state index contributed by atoms with van der Waals surface area (Å²) in [5.41, 5.74) is 10.5. The quantitative estimate of drug-likeness (QED) is 0.430. The van der Waals surface area contributed by atoms with Crippen molar-refractivity contribution in [3.8, 4) is 0 Å². The molecule has 1 aliphatic carbocycles. The van der Waals surface area contributed by atoms with Crippen molar-refractivity contribution in [1.82, 2.24) is 9.97 Å². The van der Waals surface area contributed by atoms with E-state index in [-0.39, 0.29) is 34.4 Å². The fraction of sp³-hybridized carbons (Fsp3) is 0.421. The molecule has 1 heterocycles. The molecule has 11 heteroatoms. The summed E-state index contributed by atoms with van der Waals surface area (Å²) in [5, 5.41) is 5.24. The Balaban J connectivity index is 2.05. The van der Waals surface area contributed by atoms with Crippen LogP contribution < -0.4 is 27.7 Å². The third kappa shape index (κ3) is 4.31. The lowest BCUT2D eigenvalue weighted by Gasteiger charge is -2.19. The number of hydrogen-bond acceptors (Lipinski definition) is 8. The van der Waals surface area contributed by atoms with Crippen LogP contribution in [0.5, 0.6) is 0 Å². The fourth-order valence-corrected chi connectivity index (χ4v) is 4.61. The number of hydrogen-bond donors (Lipinski definition) is 5. The second-order valence-corrected chi connectivity index (χ2v) is 10.0. The highest BCUT2D eigenvalue weighted by molar-refractivity contribution is 7.92. The van der Waals surface area contributed by atoms with Gasteiger partial charge >= 0.3 is 0 Å². The van der Waals surface area contributed by atoms with Crippen molar-refractivity contribution in [3.05, 3.63) is 40.2 Å². The molecule has 7 N–H and O–H groups in total. The van der Waals surface area contributed by atoms with Gasteiger partial charge in [-0.3, -0.25) is 14.6 Å². The molecule has 10 nitrogen and oxygen atoms in total. The number of benzene rings is 1. The van der Waals surface area contributed by atoms with E-state index in [0.717, 1.165) is 19.3 Å². The largest absolute Gasteiger partial charge is 0.365 e. The molecule has 2 aromatic rings. The van der Waals surface area contributed by atoms with E-state index in [1.54, 1.807) is 26.0 Å². The van der Waals surface area contributed by atoms with Crippen molar-refractivity contribution < 1.29 is 13.2 Å². The molecule has 1 amide bonds. The normalized spacial score (nSPS) is 19.1. The highest BCUT2D eigenvalue weighted by atomic mass is 32.2. The van der Waals surface area contributed by atoms with Gasteiger partial charge in [0.15, 0.2) is 15.7 Å². The van der Waals surface area contributed by atoms with Crippen molar-refractivity contribution in [3.63, 3.8) is 0 Å². The zero-order valence-electron chi connectivity index (χ0n) is 16.8. The number of H-pyrrole nitrogens is 1. The summed E-state index contributed by atoms with van der Waals surface area (Å²) < 4.78 is 25.4. The van der Waals surface area contributed by atoms with E-state index in [9.17, 15) is 18.0 Å². The Labute approximate surface area is 174 Å². The summed E-state index contributed by atoms with van der Waals surface area (Å²) in [6.45, 7) is 3.14. The first-order valence-electron chi connectivity index (χ1n) is 9.67. The maximum absolute atomic E-state index is 12.7. The van der Waals surface area contributed by atoms with Crippen LogP contribution in [-0.4, -0.2) is 41.6 Å². The number of nitrogens with one attached hydrogen (secondary N) is 3. The molecular weight excluding hydrogens is 408 g/mol. The SMILES string of the molecule is CC(C)S(=O)(=O)c1ccccc1Nc1nc(N[C@H]2CCC[C@@H]2N)[nH]c(=O)c1C(N)=O. The van der Waals surface area contributed by atoms with E-state index in [2.05, 4.69) is 20.6 Å². The Morgan fingerprint density at radius 2 is 1.97 bits per heavy atom. The standard InChI is InChI=1S/C19H26N6O4S/c1-10(2)30(28,29)14-9-4-3-7-13(14)22-17-15(16(21)26)18(27)25-19(24-17)23-12-8-5-6-11(12)20/h3-4,7,9-12H,5-6,8,20H2,1-2H3,(H2,21,26)(H3,22,23,24,25,27)/t11-,12-/m0/s1. The van der Waals surface area contributed by atoms with E-state index in [0.29, 0.717) is 0 Å². The van der Waals surface area contributed by atoms with Gasteiger partial charge < -0.3 is 22.1 Å². The molecule has 162 valence electrons. The Hall–Kier alpha value is -2.92. The van der Waals surface area contributed by atoms with E-state index in [1.165, 1.54) is 12.1 Å². The zero-order valence-corrected chi connectivity index (χ0v) is 17.6. The highest BCUT2D eigenvalue weighted by Crippen LogP contribution is 2.28. The van der Waals surface area contributed by atoms with Gasteiger partial charge in [-0.15, -0.1) is 0 Å². The van der Waals surface area contributed by atoms with Crippen LogP contribution in [0.2, 0.25) is 0 Å². The number of sulfone groups is 1. The van der Waals surface area contributed by atoms with Crippen LogP contribution in [0.4, 0.5) is 17.5 Å². The van der Waals surface area contributed by atoms with Crippen molar-refractivity contribution in [1.29, 1.82) is 0 Å². The van der Waals surface area contributed by atoms with Gasteiger partial charge in [0.05, 0.1) is 15.8 Å². The number of carbonyl (C=O) groups is 1. The van der Waals surface area contributed by atoms with Gasteiger partial charge in [0, 0.05) is 12.1 Å². The van der Waals surface area contributed by atoms with Crippen LogP contribution in [-0.2, 0) is 9.84 Å². The third-order valence-electron chi connectivity index (χ3n) is 5.12. The number of aromatic nitrogens is 2. The van der Waals surface area contributed by atoms with Gasteiger partial charge in [0.1, 0.15) is 5.56 Å². The topological polar surface area (TPSA) is 173 Å². The maximum atomic E-state index is 12.7. The molecule has 1 aromatic carbocycles. The van der Waals surface area contributed by atoms with Gasteiger partial charge in [-0.05, 0) is 45.2 Å². The minimum absolute atomic E-state index is 0.0322. The average molecular weight is 435 g/mol. The second kappa shape index (κ2) is 8.44. The summed E-state index contributed by atoms with van der Waals surface area (Å²) in [7, 11) is -3.63. The van der Waals surface area contributed by atoms with Crippen LogP contribution in [0, 0.1) is 0 Å². The number of nitrogens with two attached hydrogens (primary N) is 2. The summed E-state index contributed by atoms with van der Waals surface area (Å²) >= 11 is 0. The van der Waals surface area contributed by atoms with E-state index >= 15 is 0 Å². The van der Waals surface area contributed by atoms with E-state index in [1.807, 2.05) is 0 Å². The number of amides is 1. The predicted molar refractivity (Wildman–Crippen MR) is 115 cm³/mol. The van der Waals surface area contributed by atoms with Crippen LogP contribution in [0.15, 0.2) is 34.0 Å². The van der Waals surface area contributed by atoms with Gasteiger partial charge in [-0.2, -0.15) is 4.98 Å². The molecule has 0 spiro atoms. The molecular formula is C19H26N6O4S. The number of primary amides is 1. The Bertz CT molecular complexity index is 1110. The van der Waals surface area contributed by atoms with Crippen LogP contribution >= 0.6 is 0 Å². The van der Waals surface area contributed by atoms with Crippen LogP contribution in [0.3, 0.4) is 0 Å². The molecule has 1 aromatic heterocycles. The fourth-order valence-electron chi connectivity index (χ4n) is 3.40.